The number of ether oxygens (including phenoxy) is 2. The van der Waals surface area contributed by atoms with Gasteiger partial charge in [0, 0.05) is 23.0 Å². The van der Waals surface area contributed by atoms with Crippen LogP contribution in [0.3, 0.4) is 0 Å². The van der Waals surface area contributed by atoms with E-state index in [1.165, 1.54) is 54.8 Å². The first-order valence-electron chi connectivity index (χ1n) is 11.8. The zero-order valence-electron chi connectivity index (χ0n) is 21.4. The summed E-state index contributed by atoms with van der Waals surface area (Å²) >= 11 is 7.37. The van der Waals surface area contributed by atoms with Crippen LogP contribution in [0.4, 0.5) is 13.9 Å². The molecule has 0 aromatic carbocycles. The smallest absolute Gasteiger partial charge is 0.387 e. The maximum Gasteiger partial charge on any atom is 0.387 e. The fourth-order valence-electron chi connectivity index (χ4n) is 4.21. The van der Waals surface area contributed by atoms with Gasteiger partial charge in [0.15, 0.2) is 5.13 Å². The molecule has 0 aliphatic carbocycles. The fraction of sp³-hybridized carbons (Fsp3) is 0.231. The molecule has 4 aromatic heterocycles. The van der Waals surface area contributed by atoms with Crippen LogP contribution in [0.5, 0.6) is 11.5 Å². The number of aromatic nitrogens is 4. The van der Waals surface area contributed by atoms with Crippen LogP contribution >= 0.6 is 22.9 Å². The monoisotopic (exact) mass is 586 g/mol. The predicted molar refractivity (Wildman–Crippen MR) is 143 cm³/mol. The zero-order valence-corrected chi connectivity index (χ0v) is 22.9. The van der Waals surface area contributed by atoms with E-state index in [1.54, 1.807) is 19.1 Å². The molecule has 1 aliphatic heterocycles. The predicted octanol–water partition coefficient (Wildman–Crippen LogP) is 5.28. The summed E-state index contributed by atoms with van der Waals surface area (Å²) in [6.07, 6.45) is 2.96. The van der Waals surface area contributed by atoms with Crippen molar-refractivity contribution in [3.8, 4) is 22.6 Å². The number of carbonyl (C=O) groups excluding carboxylic acids is 2. The molecule has 40 heavy (non-hydrogen) atoms. The third-order valence-electron chi connectivity index (χ3n) is 6.06. The van der Waals surface area contributed by atoms with Crippen LogP contribution in [0.1, 0.15) is 42.8 Å². The maximum absolute atomic E-state index is 13.3. The zero-order chi connectivity index (χ0) is 28.6. The van der Waals surface area contributed by atoms with Gasteiger partial charge in [0.2, 0.25) is 0 Å². The minimum Gasteiger partial charge on any atom is -0.494 e. The van der Waals surface area contributed by atoms with E-state index in [-0.39, 0.29) is 41.3 Å². The summed E-state index contributed by atoms with van der Waals surface area (Å²) in [5.41, 5.74) is 3.08. The number of aryl methyl sites for hydroxylation is 2. The number of nitrogens with one attached hydrogen (secondary N) is 1. The molecule has 5 rings (SSSR count). The molecule has 0 unspecified atom stereocenters. The van der Waals surface area contributed by atoms with Gasteiger partial charge in [-0.05, 0) is 38.1 Å². The van der Waals surface area contributed by atoms with Crippen LogP contribution in [-0.2, 0) is 13.1 Å². The molecule has 1 N–H and O–H groups in total. The number of fused-ring (bicyclic) bond motifs is 1. The second-order valence-electron chi connectivity index (χ2n) is 8.74. The minimum atomic E-state index is -2.98. The van der Waals surface area contributed by atoms with E-state index in [9.17, 15) is 18.4 Å². The fourth-order valence-corrected chi connectivity index (χ4v) is 5.35. The summed E-state index contributed by atoms with van der Waals surface area (Å²) in [4.78, 5) is 45.6. The Kier molecular flexibility index (Phi) is 7.59. The molecule has 4 aromatic rings. The second kappa shape index (κ2) is 11.1. The SMILES string of the molecule is COc1cnc(Cl)cc1-c1cc(C)ncc1C(=O)Nc1nc2c(s1)CN(C(=O)c1ccc(OC(F)F)c(C)n1)C2. The Morgan fingerprint density at radius 1 is 1.07 bits per heavy atom. The highest BCUT2D eigenvalue weighted by molar-refractivity contribution is 7.16. The second-order valence-corrected chi connectivity index (χ2v) is 10.2. The number of alkyl halides is 2. The number of carbonyl (C=O) groups is 2. The highest BCUT2D eigenvalue weighted by Gasteiger charge is 2.30. The quantitative estimate of drug-likeness (QED) is 0.290. The number of thiazole rings is 1. The topological polar surface area (TPSA) is 119 Å². The van der Waals surface area contributed by atoms with E-state index in [4.69, 9.17) is 16.3 Å². The molecule has 1 aliphatic rings. The molecule has 0 spiro atoms. The van der Waals surface area contributed by atoms with Gasteiger partial charge in [-0.3, -0.25) is 19.9 Å². The summed E-state index contributed by atoms with van der Waals surface area (Å²) in [5.74, 6) is -0.444. The Balaban J connectivity index is 1.31. The van der Waals surface area contributed by atoms with Crippen molar-refractivity contribution in [2.45, 2.75) is 33.5 Å². The normalized spacial score (nSPS) is 12.4. The Morgan fingerprint density at radius 3 is 2.58 bits per heavy atom. The van der Waals surface area contributed by atoms with Crippen molar-refractivity contribution in [1.29, 1.82) is 0 Å². The number of rotatable bonds is 7. The molecule has 0 fully saturated rings. The molecular formula is C26H21ClF2N6O4S. The first kappa shape index (κ1) is 27.3. The molecular weight excluding hydrogens is 566 g/mol. The summed E-state index contributed by atoms with van der Waals surface area (Å²) < 4.78 is 34.8. The largest absolute Gasteiger partial charge is 0.494 e. The van der Waals surface area contributed by atoms with Crippen LogP contribution in [0.2, 0.25) is 5.15 Å². The number of hydrogen-bond acceptors (Lipinski definition) is 9. The van der Waals surface area contributed by atoms with Crippen molar-refractivity contribution in [3.05, 3.63) is 75.0 Å². The standard InChI is InChI=1S/C26H21ClF2N6O4S/c1-12-6-14(15-7-22(27)31-9-20(15)38-3)16(8-30-12)23(36)34-26-33-18-10-35(11-21(18)40-26)24(37)17-4-5-19(13(2)32-17)39-25(28)29/h4-9,25H,10-11H2,1-3H3,(H,33,34,36). The first-order chi connectivity index (χ1) is 19.1. The van der Waals surface area contributed by atoms with Crippen LogP contribution < -0.4 is 14.8 Å². The Hall–Kier alpha value is -4.23. The molecule has 0 saturated carbocycles. The molecule has 0 bridgehead atoms. The molecule has 10 nitrogen and oxygen atoms in total. The van der Waals surface area contributed by atoms with Gasteiger partial charge in [0.05, 0.1) is 48.2 Å². The lowest BCUT2D eigenvalue weighted by molar-refractivity contribution is -0.0505. The van der Waals surface area contributed by atoms with Gasteiger partial charge in [0.25, 0.3) is 11.8 Å². The third kappa shape index (κ3) is 5.56. The summed E-state index contributed by atoms with van der Waals surface area (Å²) in [5, 5.41) is 3.44. The molecule has 0 radical (unpaired) electrons. The van der Waals surface area contributed by atoms with Gasteiger partial charge >= 0.3 is 6.61 Å². The van der Waals surface area contributed by atoms with E-state index >= 15 is 0 Å². The van der Waals surface area contributed by atoms with Gasteiger partial charge in [-0.15, -0.1) is 0 Å². The molecule has 14 heteroatoms. The number of amides is 2. The Labute approximate surface area is 236 Å². The average Bonchev–Trinajstić information content (AvgIpc) is 3.48. The molecule has 0 saturated heterocycles. The van der Waals surface area contributed by atoms with Gasteiger partial charge in [-0.25, -0.2) is 15.0 Å². The van der Waals surface area contributed by atoms with Crippen LogP contribution in [0.25, 0.3) is 11.1 Å². The lowest BCUT2D eigenvalue weighted by Crippen LogP contribution is -2.26. The molecule has 206 valence electrons. The van der Waals surface area contributed by atoms with Crippen LogP contribution in [0, 0.1) is 13.8 Å². The van der Waals surface area contributed by atoms with Crippen molar-refractivity contribution in [1.82, 2.24) is 24.8 Å². The molecule has 5 heterocycles. The van der Waals surface area contributed by atoms with Crippen molar-refractivity contribution < 1.29 is 27.8 Å². The van der Waals surface area contributed by atoms with Crippen molar-refractivity contribution in [2.75, 3.05) is 12.4 Å². The van der Waals surface area contributed by atoms with E-state index in [0.29, 0.717) is 39.0 Å². The lowest BCUT2D eigenvalue weighted by Gasteiger charge is -2.16. The third-order valence-corrected chi connectivity index (χ3v) is 7.27. The van der Waals surface area contributed by atoms with Crippen molar-refractivity contribution in [2.24, 2.45) is 0 Å². The number of nitrogens with zero attached hydrogens (tertiary/aromatic N) is 5. The van der Waals surface area contributed by atoms with Crippen molar-refractivity contribution >= 4 is 39.9 Å². The van der Waals surface area contributed by atoms with Gasteiger partial charge < -0.3 is 14.4 Å². The van der Waals surface area contributed by atoms with E-state index < -0.39 is 12.5 Å². The van der Waals surface area contributed by atoms with Gasteiger partial charge in [-0.2, -0.15) is 8.78 Å². The van der Waals surface area contributed by atoms with Crippen LogP contribution in [0.15, 0.2) is 36.7 Å². The Morgan fingerprint density at radius 2 is 1.88 bits per heavy atom. The Bertz CT molecular complexity index is 1610. The number of hydrogen-bond donors (Lipinski definition) is 1. The van der Waals surface area contributed by atoms with Gasteiger partial charge in [-0.1, -0.05) is 22.9 Å². The summed E-state index contributed by atoms with van der Waals surface area (Å²) in [6.45, 7) is 0.785. The molecule has 2 amide bonds. The first-order valence-corrected chi connectivity index (χ1v) is 13.0. The maximum atomic E-state index is 13.3. The number of pyridine rings is 3. The van der Waals surface area contributed by atoms with Gasteiger partial charge in [0.1, 0.15) is 22.3 Å². The van der Waals surface area contributed by atoms with E-state index in [0.717, 1.165) is 4.88 Å². The summed E-state index contributed by atoms with van der Waals surface area (Å²) in [7, 11) is 1.50. The number of halogens is 3. The van der Waals surface area contributed by atoms with Crippen molar-refractivity contribution in [3.63, 3.8) is 0 Å². The number of methoxy groups -OCH3 is 1. The van der Waals surface area contributed by atoms with Crippen LogP contribution in [-0.4, -0.2) is 50.4 Å². The highest BCUT2D eigenvalue weighted by Crippen LogP contribution is 2.35. The minimum absolute atomic E-state index is 0.0912. The summed E-state index contributed by atoms with van der Waals surface area (Å²) in [6, 6.07) is 6.02. The van der Waals surface area contributed by atoms with E-state index in [2.05, 4.69) is 30.0 Å². The van der Waals surface area contributed by atoms with E-state index in [1.807, 2.05) is 0 Å². The number of anilines is 1. The average molecular weight is 587 g/mol. The lowest BCUT2D eigenvalue weighted by atomic mass is 10.0. The molecule has 0 atom stereocenters. The highest BCUT2D eigenvalue weighted by atomic mass is 35.5.